The lowest BCUT2D eigenvalue weighted by atomic mass is 10.3. The van der Waals surface area contributed by atoms with Gasteiger partial charge in [0.15, 0.2) is 0 Å². The summed E-state index contributed by atoms with van der Waals surface area (Å²) in [4.78, 5) is 2.44. The molecule has 0 aliphatic heterocycles. The van der Waals surface area contributed by atoms with E-state index in [1.807, 2.05) is 0 Å². The van der Waals surface area contributed by atoms with Crippen LogP contribution >= 0.6 is 0 Å². The van der Waals surface area contributed by atoms with Crippen LogP contribution < -0.4 is 5.32 Å². The first-order valence-electron chi connectivity index (χ1n) is 5.89. The van der Waals surface area contributed by atoms with Crippen LogP contribution in [0.1, 0.15) is 33.1 Å². The third-order valence-corrected chi connectivity index (χ3v) is 2.48. The van der Waals surface area contributed by atoms with E-state index in [0.717, 1.165) is 39.0 Å². The fourth-order valence-corrected chi connectivity index (χ4v) is 1.45. The highest BCUT2D eigenvalue weighted by molar-refractivity contribution is 4.55. The smallest absolute Gasteiger partial charge is 0.0431 e. The molecule has 0 bridgehead atoms. The third kappa shape index (κ3) is 8.48. The summed E-state index contributed by atoms with van der Waals surface area (Å²) in [7, 11) is 0. The van der Waals surface area contributed by atoms with Crippen molar-refractivity contribution >= 4 is 0 Å². The number of rotatable bonds is 10. The van der Waals surface area contributed by atoms with Gasteiger partial charge < -0.3 is 15.3 Å². The largest absolute Gasteiger partial charge is 0.396 e. The van der Waals surface area contributed by atoms with Gasteiger partial charge in [-0.05, 0) is 52.0 Å². The minimum Gasteiger partial charge on any atom is -0.396 e. The Labute approximate surface area is 88.5 Å². The van der Waals surface area contributed by atoms with Crippen molar-refractivity contribution in [2.75, 3.05) is 39.3 Å². The SMILES string of the molecule is CCN(CC)CCCNCCCCO. The highest BCUT2D eigenvalue weighted by Gasteiger charge is 1.97. The highest BCUT2D eigenvalue weighted by atomic mass is 16.2. The van der Waals surface area contributed by atoms with Gasteiger partial charge >= 0.3 is 0 Å². The average molecular weight is 202 g/mol. The van der Waals surface area contributed by atoms with Crippen LogP contribution in [0.25, 0.3) is 0 Å². The molecule has 2 N–H and O–H groups in total. The molecule has 0 aromatic heterocycles. The topological polar surface area (TPSA) is 35.5 Å². The molecule has 0 saturated carbocycles. The molecule has 0 fully saturated rings. The van der Waals surface area contributed by atoms with Crippen LogP contribution in [0.2, 0.25) is 0 Å². The van der Waals surface area contributed by atoms with Crippen LogP contribution in [0, 0.1) is 0 Å². The van der Waals surface area contributed by atoms with Crippen molar-refractivity contribution in [3.8, 4) is 0 Å². The van der Waals surface area contributed by atoms with Gasteiger partial charge in [0, 0.05) is 6.61 Å². The molecule has 0 spiro atoms. The van der Waals surface area contributed by atoms with Gasteiger partial charge in [-0.2, -0.15) is 0 Å². The molecule has 0 unspecified atom stereocenters. The zero-order chi connectivity index (χ0) is 10.6. The molecule has 14 heavy (non-hydrogen) atoms. The first kappa shape index (κ1) is 13.9. The van der Waals surface area contributed by atoms with E-state index in [-0.39, 0.29) is 0 Å². The van der Waals surface area contributed by atoms with Crippen LogP contribution in [-0.4, -0.2) is 49.3 Å². The fourth-order valence-electron chi connectivity index (χ4n) is 1.45. The summed E-state index contributed by atoms with van der Waals surface area (Å²) in [5.41, 5.74) is 0. The predicted molar refractivity (Wildman–Crippen MR) is 61.6 cm³/mol. The van der Waals surface area contributed by atoms with Crippen molar-refractivity contribution in [2.24, 2.45) is 0 Å². The van der Waals surface area contributed by atoms with Gasteiger partial charge in [-0.3, -0.25) is 0 Å². The van der Waals surface area contributed by atoms with Crippen molar-refractivity contribution < 1.29 is 5.11 Å². The number of hydrogen-bond donors (Lipinski definition) is 2. The van der Waals surface area contributed by atoms with Gasteiger partial charge in [0.1, 0.15) is 0 Å². The van der Waals surface area contributed by atoms with Crippen LogP contribution in [-0.2, 0) is 0 Å². The second kappa shape index (κ2) is 11.0. The second-order valence-corrected chi connectivity index (χ2v) is 3.56. The van der Waals surface area contributed by atoms with Crippen molar-refractivity contribution in [1.82, 2.24) is 10.2 Å². The number of aliphatic hydroxyl groups excluding tert-OH is 1. The Bertz CT molecular complexity index is 105. The Morgan fingerprint density at radius 3 is 2.21 bits per heavy atom. The molecular weight excluding hydrogens is 176 g/mol. The Morgan fingerprint density at radius 2 is 1.64 bits per heavy atom. The second-order valence-electron chi connectivity index (χ2n) is 3.56. The lowest BCUT2D eigenvalue weighted by Gasteiger charge is -2.17. The zero-order valence-corrected chi connectivity index (χ0v) is 9.76. The lowest BCUT2D eigenvalue weighted by Crippen LogP contribution is -2.27. The van der Waals surface area contributed by atoms with Crippen molar-refractivity contribution in [1.29, 1.82) is 0 Å². The molecule has 0 aliphatic rings. The normalized spacial score (nSPS) is 11.1. The quantitative estimate of drug-likeness (QED) is 0.520. The molecular formula is C11H26N2O. The molecule has 0 atom stereocenters. The van der Waals surface area contributed by atoms with E-state index in [9.17, 15) is 0 Å². The van der Waals surface area contributed by atoms with Crippen LogP contribution in [0.4, 0.5) is 0 Å². The number of hydrogen-bond acceptors (Lipinski definition) is 3. The molecule has 0 rings (SSSR count). The van der Waals surface area contributed by atoms with E-state index in [1.165, 1.54) is 13.0 Å². The molecule has 3 nitrogen and oxygen atoms in total. The molecule has 0 aromatic rings. The molecule has 0 aliphatic carbocycles. The van der Waals surface area contributed by atoms with E-state index in [1.54, 1.807) is 0 Å². The maximum absolute atomic E-state index is 8.57. The minimum absolute atomic E-state index is 0.321. The maximum atomic E-state index is 8.57. The molecule has 0 heterocycles. The molecule has 3 heteroatoms. The van der Waals surface area contributed by atoms with Gasteiger partial charge in [0.2, 0.25) is 0 Å². The standard InChI is InChI=1S/C11H26N2O/c1-3-13(4-2)10-7-9-12-8-5-6-11-14/h12,14H,3-11H2,1-2H3. The predicted octanol–water partition coefficient (Wildman–Crippen LogP) is 1.08. The summed E-state index contributed by atoms with van der Waals surface area (Å²) in [6.45, 7) is 10.4. The zero-order valence-electron chi connectivity index (χ0n) is 9.76. The van der Waals surface area contributed by atoms with Crippen molar-refractivity contribution in [3.05, 3.63) is 0 Å². The molecule has 0 radical (unpaired) electrons. The van der Waals surface area contributed by atoms with Gasteiger partial charge in [0.25, 0.3) is 0 Å². The average Bonchev–Trinajstić information content (AvgIpc) is 2.22. The number of nitrogens with zero attached hydrogens (tertiary/aromatic N) is 1. The summed E-state index contributed by atoms with van der Waals surface area (Å²) in [5, 5.41) is 12.0. The Hall–Kier alpha value is -0.120. The minimum atomic E-state index is 0.321. The molecule has 0 aromatic carbocycles. The Morgan fingerprint density at radius 1 is 1.00 bits per heavy atom. The summed E-state index contributed by atoms with van der Waals surface area (Å²) in [6, 6.07) is 0. The van der Waals surface area contributed by atoms with Crippen molar-refractivity contribution in [2.45, 2.75) is 33.1 Å². The van der Waals surface area contributed by atoms with Crippen LogP contribution in [0.5, 0.6) is 0 Å². The summed E-state index contributed by atoms with van der Waals surface area (Å²) in [5.74, 6) is 0. The maximum Gasteiger partial charge on any atom is 0.0431 e. The van der Waals surface area contributed by atoms with Crippen LogP contribution in [0.3, 0.4) is 0 Å². The van der Waals surface area contributed by atoms with E-state index >= 15 is 0 Å². The van der Waals surface area contributed by atoms with E-state index in [0.29, 0.717) is 6.61 Å². The first-order valence-corrected chi connectivity index (χ1v) is 5.89. The monoisotopic (exact) mass is 202 g/mol. The first-order chi connectivity index (χ1) is 6.85. The molecule has 0 amide bonds. The van der Waals surface area contributed by atoms with E-state index in [2.05, 4.69) is 24.1 Å². The van der Waals surface area contributed by atoms with Gasteiger partial charge in [-0.15, -0.1) is 0 Å². The fraction of sp³-hybridized carbons (Fsp3) is 1.00. The Balaban J connectivity index is 3.04. The molecule has 0 saturated heterocycles. The van der Waals surface area contributed by atoms with Crippen LogP contribution in [0.15, 0.2) is 0 Å². The van der Waals surface area contributed by atoms with E-state index < -0.39 is 0 Å². The highest BCUT2D eigenvalue weighted by Crippen LogP contribution is 1.89. The summed E-state index contributed by atoms with van der Waals surface area (Å²) < 4.78 is 0. The Kier molecular flexibility index (Phi) is 10.9. The van der Waals surface area contributed by atoms with Crippen molar-refractivity contribution in [3.63, 3.8) is 0 Å². The summed E-state index contributed by atoms with van der Waals surface area (Å²) >= 11 is 0. The number of aliphatic hydroxyl groups is 1. The lowest BCUT2D eigenvalue weighted by molar-refractivity contribution is 0.282. The van der Waals surface area contributed by atoms with Gasteiger partial charge in [-0.25, -0.2) is 0 Å². The third-order valence-electron chi connectivity index (χ3n) is 2.48. The summed E-state index contributed by atoms with van der Waals surface area (Å²) in [6.07, 6.45) is 3.23. The number of unbranched alkanes of at least 4 members (excludes halogenated alkanes) is 1. The van der Waals surface area contributed by atoms with Gasteiger partial charge in [-0.1, -0.05) is 13.8 Å². The number of nitrogens with one attached hydrogen (secondary N) is 1. The van der Waals surface area contributed by atoms with E-state index in [4.69, 9.17) is 5.11 Å². The van der Waals surface area contributed by atoms with Gasteiger partial charge in [0.05, 0.1) is 0 Å². The molecule has 86 valence electrons.